The molecule has 1 aliphatic rings. The highest BCUT2D eigenvalue weighted by Gasteiger charge is 2.43. The van der Waals surface area contributed by atoms with E-state index in [2.05, 4.69) is 9.97 Å². The maximum absolute atomic E-state index is 12.6. The number of aliphatic hydroxyl groups is 3. The molecule has 1 fully saturated rings. The molecule has 24 heavy (non-hydrogen) atoms. The second kappa shape index (κ2) is 6.61. The Morgan fingerprint density at radius 1 is 1.17 bits per heavy atom. The number of hydrogen-bond acceptors (Lipinski definition) is 8. The fraction of sp³-hybridized carbons (Fsp3) is 0.429. The van der Waals surface area contributed by atoms with Gasteiger partial charge in [0.25, 0.3) is 5.56 Å². The number of aromatic nitrogens is 4. The van der Waals surface area contributed by atoms with E-state index in [9.17, 15) is 19.8 Å². The van der Waals surface area contributed by atoms with Gasteiger partial charge in [-0.25, -0.2) is 14.8 Å². The SMILES string of the molecule is O=c1ccn([C@@H]2O[C@H](CO)[C@H](O)C2O)c(=O)n1Cc1ncccn1. The molecule has 3 N–H and O–H groups in total. The molecule has 0 radical (unpaired) electrons. The van der Waals surface area contributed by atoms with Crippen LogP contribution in [-0.4, -0.2) is 59.3 Å². The van der Waals surface area contributed by atoms with Crippen LogP contribution in [0.4, 0.5) is 0 Å². The van der Waals surface area contributed by atoms with Crippen molar-refractivity contribution in [2.75, 3.05) is 6.61 Å². The van der Waals surface area contributed by atoms with Crippen molar-refractivity contribution in [3.05, 3.63) is 57.4 Å². The molecule has 10 nitrogen and oxygen atoms in total. The minimum Gasteiger partial charge on any atom is -0.394 e. The smallest absolute Gasteiger partial charge is 0.333 e. The first-order chi connectivity index (χ1) is 11.5. The summed E-state index contributed by atoms with van der Waals surface area (Å²) in [5.74, 6) is 0.274. The zero-order valence-corrected chi connectivity index (χ0v) is 12.5. The minimum atomic E-state index is -1.42. The molecule has 0 aliphatic carbocycles. The van der Waals surface area contributed by atoms with Gasteiger partial charge < -0.3 is 20.1 Å². The number of aliphatic hydroxyl groups excluding tert-OH is 3. The number of hydrogen-bond donors (Lipinski definition) is 3. The summed E-state index contributed by atoms with van der Waals surface area (Å²) in [7, 11) is 0. The molecule has 0 saturated carbocycles. The molecular formula is C14H16N4O6. The van der Waals surface area contributed by atoms with Gasteiger partial charge in [0, 0.05) is 24.7 Å². The first-order valence-corrected chi connectivity index (χ1v) is 7.23. The van der Waals surface area contributed by atoms with Crippen molar-refractivity contribution >= 4 is 0 Å². The van der Waals surface area contributed by atoms with E-state index in [1.165, 1.54) is 18.6 Å². The van der Waals surface area contributed by atoms with Crippen LogP contribution in [0.25, 0.3) is 0 Å². The van der Waals surface area contributed by atoms with E-state index in [-0.39, 0.29) is 12.4 Å². The van der Waals surface area contributed by atoms with Gasteiger partial charge in [-0.1, -0.05) is 0 Å². The molecule has 0 amide bonds. The Bertz CT molecular complexity index is 820. The van der Waals surface area contributed by atoms with Crippen molar-refractivity contribution in [3.8, 4) is 0 Å². The lowest BCUT2D eigenvalue weighted by molar-refractivity contribution is -0.0555. The van der Waals surface area contributed by atoms with Crippen LogP contribution in [0, 0.1) is 0 Å². The molecule has 3 heterocycles. The lowest BCUT2D eigenvalue weighted by atomic mass is 10.1. The molecule has 2 aromatic heterocycles. The van der Waals surface area contributed by atoms with E-state index in [1.54, 1.807) is 6.07 Å². The molecule has 1 unspecified atom stereocenters. The van der Waals surface area contributed by atoms with Crippen molar-refractivity contribution in [3.63, 3.8) is 0 Å². The summed E-state index contributed by atoms with van der Waals surface area (Å²) in [6.07, 6.45) is -0.846. The van der Waals surface area contributed by atoms with Crippen molar-refractivity contribution in [1.82, 2.24) is 19.1 Å². The lowest BCUT2D eigenvalue weighted by Gasteiger charge is -2.18. The second-order valence-corrected chi connectivity index (χ2v) is 5.32. The highest BCUT2D eigenvalue weighted by Crippen LogP contribution is 2.27. The van der Waals surface area contributed by atoms with Crippen LogP contribution in [0.2, 0.25) is 0 Å². The summed E-state index contributed by atoms with van der Waals surface area (Å²) in [6, 6.07) is 2.74. The Morgan fingerprint density at radius 2 is 1.88 bits per heavy atom. The van der Waals surface area contributed by atoms with Crippen LogP contribution < -0.4 is 11.2 Å². The Kier molecular flexibility index (Phi) is 4.53. The Balaban J connectivity index is 1.98. The van der Waals surface area contributed by atoms with Gasteiger partial charge in [-0.2, -0.15) is 0 Å². The summed E-state index contributed by atoms with van der Waals surface area (Å²) >= 11 is 0. The number of nitrogens with zero attached hydrogens (tertiary/aromatic N) is 4. The first kappa shape index (κ1) is 16.5. The fourth-order valence-corrected chi connectivity index (χ4v) is 2.53. The minimum absolute atomic E-state index is 0.145. The van der Waals surface area contributed by atoms with E-state index >= 15 is 0 Å². The van der Waals surface area contributed by atoms with Crippen LogP contribution in [0.5, 0.6) is 0 Å². The largest absolute Gasteiger partial charge is 0.394 e. The van der Waals surface area contributed by atoms with E-state index in [1.807, 2.05) is 0 Å². The zero-order chi connectivity index (χ0) is 17.3. The maximum Gasteiger partial charge on any atom is 0.333 e. The van der Waals surface area contributed by atoms with Crippen molar-refractivity contribution in [2.24, 2.45) is 0 Å². The molecule has 4 atom stereocenters. The highest BCUT2D eigenvalue weighted by atomic mass is 16.6. The van der Waals surface area contributed by atoms with Gasteiger partial charge in [-0.3, -0.25) is 13.9 Å². The van der Waals surface area contributed by atoms with Crippen LogP contribution in [0.3, 0.4) is 0 Å². The van der Waals surface area contributed by atoms with E-state index in [0.717, 1.165) is 15.2 Å². The molecule has 3 rings (SSSR count). The Morgan fingerprint density at radius 3 is 2.50 bits per heavy atom. The molecule has 10 heteroatoms. The first-order valence-electron chi connectivity index (χ1n) is 7.23. The summed E-state index contributed by atoms with van der Waals surface area (Å²) in [5.41, 5.74) is -1.31. The van der Waals surface area contributed by atoms with Gasteiger partial charge >= 0.3 is 5.69 Å². The standard InChI is InChI=1S/C14H16N4O6/c19-7-8-11(21)12(22)13(24-8)17-5-2-10(20)18(14(17)23)6-9-15-3-1-4-16-9/h1-5,8,11-13,19,21-22H,6-7H2/t8-,11+,12?,13-/m1/s1. The van der Waals surface area contributed by atoms with Crippen LogP contribution >= 0.6 is 0 Å². The third-order valence-corrected chi connectivity index (χ3v) is 3.81. The van der Waals surface area contributed by atoms with Gasteiger partial charge in [0.1, 0.15) is 24.1 Å². The van der Waals surface area contributed by atoms with E-state index < -0.39 is 42.4 Å². The quantitative estimate of drug-likeness (QED) is 0.555. The Hall–Kier alpha value is -2.40. The molecule has 128 valence electrons. The van der Waals surface area contributed by atoms with Crippen molar-refractivity contribution in [2.45, 2.75) is 31.1 Å². The maximum atomic E-state index is 12.6. The van der Waals surface area contributed by atoms with E-state index in [4.69, 9.17) is 9.84 Å². The number of rotatable bonds is 4. The highest BCUT2D eigenvalue weighted by molar-refractivity contribution is 4.97. The van der Waals surface area contributed by atoms with E-state index in [0.29, 0.717) is 0 Å². The van der Waals surface area contributed by atoms with Crippen molar-refractivity contribution < 1.29 is 20.1 Å². The van der Waals surface area contributed by atoms with Crippen LogP contribution in [-0.2, 0) is 11.3 Å². The monoisotopic (exact) mass is 336 g/mol. The van der Waals surface area contributed by atoms with Gasteiger partial charge in [0.05, 0.1) is 13.2 Å². The summed E-state index contributed by atoms with van der Waals surface area (Å²) < 4.78 is 7.20. The average Bonchev–Trinajstić information content (AvgIpc) is 2.88. The fourth-order valence-electron chi connectivity index (χ4n) is 2.53. The third kappa shape index (κ3) is 2.87. The molecule has 0 aromatic carbocycles. The van der Waals surface area contributed by atoms with Gasteiger partial charge in [0.2, 0.25) is 0 Å². The summed E-state index contributed by atoms with van der Waals surface area (Å²) in [6.45, 7) is -0.658. The van der Waals surface area contributed by atoms with Crippen LogP contribution in [0.1, 0.15) is 12.1 Å². The number of ether oxygens (including phenoxy) is 1. The molecule has 2 aromatic rings. The predicted octanol–water partition coefficient (Wildman–Crippen LogP) is -2.54. The lowest BCUT2D eigenvalue weighted by Crippen LogP contribution is -2.43. The molecular weight excluding hydrogens is 320 g/mol. The molecule has 0 spiro atoms. The Labute approximate surface area is 135 Å². The third-order valence-electron chi connectivity index (χ3n) is 3.81. The molecule has 1 saturated heterocycles. The molecule has 0 bridgehead atoms. The van der Waals surface area contributed by atoms with Crippen LogP contribution in [0.15, 0.2) is 40.3 Å². The van der Waals surface area contributed by atoms with Crippen molar-refractivity contribution in [1.29, 1.82) is 0 Å². The van der Waals surface area contributed by atoms with Gasteiger partial charge in [-0.05, 0) is 6.07 Å². The summed E-state index contributed by atoms with van der Waals surface area (Å²) in [5, 5.41) is 29.0. The average molecular weight is 336 g/mol. The molecule has 1 aliphatic heterocycles. The normalized spacial score (nSPS) is 26.6. The predicted molar refractivity (Wildman–Crippen MR) is 79.1 cm³/mol. The zero-order valence-electron chi connectivity index (χ0n) is 12.5. The summed E-state index contributed by atoms with van der Waals surface area (Å²) in [4.78, 5) is 32.5. The second-order valence-electron chi connectivity index (χ2n) is 5.32. The van der Waals surface area contributed by atoms with Gasteiger partial charge in [0.15, 0.2) is 6.23 Å². The van der Waals surface area contributed by atoms with Gasteiger partial charge in [-0.15, -0.1) is 0 Å². The topological polar surface area (TPSA) is 140 Å².